The van der Waals surface area contributed by atoms with Crippen LogP contribution in [0.15, 0.2) is 40.3 Å². The van der Waals surface area contributed by atoms with Crippen LogP contribution < -0.4 is 10.1 Å². The summed E-state index contributed by atoms with van der Waals surface area (Å²) in [7, 11) is 1.42. The molecule has 0 bridgehead atoms. The van der Waals surface area contributed by atoms with Crippen LogP contribution in [0.3, 0.4) is 0 Å². The molecule has 2 rings (SSSR count). The average molecular weight is 348 g/mol. The summed E-state index contributed by atoms with van der Waals surface area (Å²) in [5.74, 6) is -0.863. The molecule has 0 radical (unpaired) electrons. The molecule has 0 saturated heterocycles. The fraction of sp³-hybridized carbons (Fsp3) is 0.0667. The lowest BCUT2D eigenvalue weighted by Gasteiger charge is -2.09. The van der Waals surface area contributed by atoms with Gasteiger partial charge in [-0.3, -0.25) is 14.9 Å². The predicted molar refractivity (Wildman–Crippen MR) is 85.6 cm³/mol. The number of rotatable bonds is 5. The summed E-state index contributed by atoms with van der Waals surface area (Å²) in [5, 5.41) is 22.5. The van der Waals surface area contributed by atoms with Crippen LogP contribution in [0.25, 0.3) is 6.08 Å². The first-order valence-electron chi connectivity index (χ1n) is 6.45. The minimum Gasteiger partial charge on any atom is -0.495 e. The van der Waals surface area contributed by atoms with Gasteiger partial charge in [0, 0.05) is 11.1 Å². The number of furan rings is 1. The molecule has 0 aliphatic rings. The molecule has 1 aromatic heterocycles. The van der Waals surface area contributed by atoms with Crippen molar-refractivity contribution in [3.05, 3.63) is 56.8 Å². The van der Waals surface area contributed by atoms with E-state index in [-0.39, 0.29) is 17.0 Å². The highest BCUT2D eigenvalue weighted by Crippen LogP contribution is 2.28. The van der Waals surface area contributed by atoms with Gasteiger partial charge in [0.2, 0.25) is 0 Å². The number of methoxy groups -OCH3 is 1. The molecule has 0 aliphatic carbocycles. The van der Waals surface area contributed by atoms with E-state index in [1.54, 1.807) is 18.2 Å². The van der Waals surface area contributed by atoms with Gasteiger partial charge in [0.25, 0.3) is 5.91 Å². The van der Waals surface area contributed by atoms with Gasteiger partial charge in [-0.15, -0.1) is 0 Å². The number of nitro groups is 1. The van der Waals surface area contributed by atoms with Gasteiger partial charge in [0.15, 0.2) is 0 Å². The minimum absolute atomic E-state index is 0.00598. The third-order valence-corrected chi connectivity index (χ3v) is 3.09. The van der Waals surface area contributed by atoms with Gasteiger partial charge in [-0.2, -0.15) is 5.26 Å². The second-order valence-electron chi connectivity index (χ2n) is 4.40. The number of hydrogen-bond acceptors (Lipinski definition) is 6. The van der Waals surface area contributed by atoms with E-state index in [2.05, 4.69) is 5.32 Å². The second kappa shape index (κ2) is 7.30. The lowest BCUT2D eigenvalue weighted by molar-refractivity contribution is -0.402. The topological polar surface area (TPSA) is 118 Å². The van der Waals surface area contributed by atoms with Gasteiger partial charge in [-0.25, -0.2) is 0 Å². The Labute approximate surface area is 141 Å². The van der Waals surface area contributed by atoms with E-state index < -0.39 is 16.7 Å². The third kappa shape index (κ3) is 3.91. The highest BCUT2D eigenvalue weighted by atomic mass is 35.5. The minimum atomic E-state index is -0.739. The number of hydrogen-bond donors (Lipinski definition) is 1. The Morgan fingerprint density at radius 1 is 1.46 bits per heavy atom. The number of nitrogens with one attached hydrogen (secondary N) is 1. The van der Waals surface area contributed by atoms with E-state index >= 15 is 0 Å². The highest BCUT2D eigenvalue weighted by molar-refractivity contribution is 6.31. The van der Waals surface area contributed by atoms with Gasteiger partial charge in [0.1, 0.15) is 28.1 Å². The molecule has 1 aromatic carbocycles. The van der Waals surface area contributed by atoms with Crippen molar-refractivity contribution in [3.63, 3.8) is 0 Å². The molecule has 1 N–H and O–H groups in total. The molecule has 0 spiro atoms. The van der Waals surface area contributed by atoms with Gasteiger partial charge < -0.3 is 14.5 Å². The number of halogens is 1. The summed E-state index contributed by atoms with van der Waals surface area (Å²) in [6, 6.07) is 8.72. The van der Waals surface area contributed by atoms with Crippen molar-refractivity contribution < 1.29 is 18.9 Å². The van der Waals surface area contributed by atoms with Crippen LogP contribution >= 0.6 is 11.6 Å². The van der Waals surface area contributed by atoms with Crippen LogP contribution in [0.1, 0.15) is 5.76 Å². The van der Waals surface area contributed by atoms with Crippen LogP contribution in [-0.4, -0.2) is 17.9 Å². The molecule has 9 heteroatoms. The van der Waals surface area contributed by atoms with E-state index in [0.29, 0.717) is 10.8 Å². The summed E-state index contributed by atoms with van der Waals surface area (Å²) in [4.78, 5) is 22.0. The van der Waals surface area contributed by atoms with Crippen molar-refractivity contribution in [3.8, 4) is 11.8 Å². The zero-order valence-electron chi connectivity index (χ0n) is 12.3. The molecular formula is C15H10ClN3O5. The number of carbonyl (C=O) groups excluding carboxylic acids is 1. The molecule has 1 amide bonds. The smallest absolute Gasteiger partial charge is 0.433 e. The molecule has 122 valence electrons. The van der Waals surface area contributed by atoms with Crippen molar-refractivity contribution in [1.29, 1.82) is 5.26 Å². The molecule has 0 aliphatic heterocycles. The van der Waals surface area contributed by atoms with Crippen LogP contribution in [-0.2, 0) is 4.79 Å². The second-order valence-corrected chi connectivity index (χ2v) is 4.84. The first-order chi connectivity index (χ1) is 11.4. The van der Waals surface area contributed by atoms with Crippen molar-refractivity contribution in [2.75, 3.05) is 12.4 Å². The Morgan fingerprint density at radius 3 is 2.79 bits per heavy atom. The maximum atomic E-state index is 12.2. The number of nitriles is 1. The zero-order chi connectivity index (χ0) is 17.7. The number of benzene rings is 1. The Bertz CT molecular complexity index is 866. The SMILES string of the molecule is COc1ccc(Cl)cc1NC(=O)/C(C#N)=C/c1ccc([N+](=O)[O-])o1. The largest absolute Gasteiger partial charge is 0.495 e. The lowest BCUT2D eigenvalue weighted by atomic mass is 10.2. The fourth-order valence-electron chi connectivity index (χ4n) is 1.78. The van der Waals surface area contributed by atoms with Crippen molar-refractivity contribution in [2.24, 2.45) is 0 Å². The zero-order valence-corrected chi connectivity index (χ0v) is 13.0. The monoisotopic (exact) mass is 347 g/mol. The van der Waals surface area contributed by atoms with Gasteiger partial charge in [-0.1, -0.05) is 11.6 Å². The number of anilines is 1. The Kier molecular flexibility index (Phi) is 5.19. The van der Waals surface area contributed by atoms with Crippen molar-refractivity contribution >= 4 is 35.2 Å². The van der Waals surface area contributed by atoms with Crippen molar-refractivity contribution in [1.82, 2.24) is 0 Å². The number of carbonyl (C=O) groups is 1. The van der Waals surface area contributed by atoms with Crippen LogP contribution in [0.5, 0.6) is 5.75 Å². The standard InChI is InChI=1S/C15H10ClN3O5/c1-23-13-4-2-10(16)7-12(13)18-15(20)9(8-17)6-11-3-5-14(24-11)19(21)22/h2-7H,1H3,(H,18,20)/b9-6+. The Hall–Kier alpha value is -3.31. The van der Waals surface area contributed by atoms with E-state index in [1.165, 1.54) is 19.2 Å². The predicted octanol–water partition coefficient (Wildman–Crippen LogP) is 3.40. The quantitative estimate of drug-likeness (QED) is 0.383. The molecular weight excluding hydrogens is 338 g/mol. The van der Waals surface area contributed by atoms with Crippen LogP contribution in [0.4, 0.5) is 11.6 Å². The first-order valence-corrected chi connectivity index (χ1v) is 6.83. The number of amides is 1. The van der Waals surface area contributed by atoms with Crippen molar-refractivity contribution in [2.45, 2.75) is 0 Å². The summed E-state index contributed by atoms with van der Waals surface area (Å²) in [5.41, 5.74) is -0.0251. The van der Waals surface area contributed by atoms with Gasteiger partial charge in [0.05, 0.1) is 18.9 Å². The summed E-state index contributed by atoms with van der Waals surface area (Å²) >= 11 is 5.87. The van der Waals surface area contributed by atoms with E-state index in [4.69, 9.17) is 26.0 Å². The lowest BCUT2D eigenvalue weighted by Crippen LogP contribution is -2.14. The molecule has 0 atom stereocenters. The molecule has 0 fully saturated rings. The van der Waals surface area contributed by atoms with Crippen LogP contribution in [0, 0.1) is 21.4 Å². The summed E-state index contributed by atoms with van der Waals surface area (Å²) < 4.78 is 9.98. The molecule has 0 unspecified atom stereocenters. The van der Waals surface area contributed by atoms with Gasteiger partial charge in [-0.05, 0) is 24.3 Å². The maximum absolute atomic E-state index is 12.2. The average Bonchev–Trinajstić information content (AvgIpc) is 3.01. The normalized spacial score (nSPS) is 10.8. The summed E-state index contributed by atoms with van der Waals surface area (Å²) in [6.07, 6.45) is 1.10. The summed E-state index contributed by atoms with van der Waals surface area (Å²) in [6.45, 7) is 0. The molecule has 8 nitrogen and oxygen atoms in total. The molecule has 0 saturated carbocycles. The molecule has 24 heavy (non-hydrogen) atoms. The van der Waals surface area contributed by atoms with E-state index in [0.717, 1.165) is 12.1 Å². The first kappa shape index (κ1) is 17.1. The Morgan fingerprint density at radius 2 is 2.21 bits per heavy atom. The van der Waals surface area contributed by atoms with E-state index in [9.17, 15) is 14.9 Å². The van der Waals surface area contributed by atoms with Gasteiger partial charge >= 0.3 is 5.88 Å². The third-order valence-electron chi connectivity index (χ3n) is 2.85. The van der Waals surface area contributed by atoms with Crippen LogP contribution in [0.2, 0.25) is 5.02 Å². The number of nitrogens with zero attached hydrogens (tertiary/aromatic N) is 2. The fourth-order valence-corrected chi connectivity index (χ4v) is 1.95. The molecule has 1 heterocycles. The van der Waals surface area contributed by atoms with E-state index in [1.807, 2.05) is 0 Å². The maximum Gasteiger partial charge on any atom is 0.433 e. The molecule has 2 aromatic rings. The number of ether oxygens (including phenoxy) is 1. The highest BCUT2D eigenvalue weighted by Gasteiger charge is 2.16. The Balaban J connectivity index is 2.26.